The van der Waals surface area contributed by atoms with Crippen molar-refractivity contribution in [2.24, 2.45) is 0 Å². The molecule has 0 aliphatic heterocycles. The van der Waals surface area contributed by atoms with Crippen LogP contribution >= 0.6 is 23.5 Å². The van der Waals surface area contributed by atoms with Crippen molar-refractivity contribution >= 4 is 29.3 Å². The zero-order valence-electron chi connectivity index (χ0n) is 9.93. The SMILES string of the molecule is CCC(=O)c1cccc(SC(F)(F)F)c1SC(F)(F)F. The Balaban J connectivity index is 3.32. The van der Waals surface area contributed by atoms with Gasteiger partial charge in [-0.1, -0.05) is 19.1 Å². The van der Waals surface area contributed by atoms with Crippen molar-refractivity contribution < 1.29 is 31.1 Å². The summed E-state index contributed by atoms with van der Waals surface area (Å²) in [5, 5.41) is 0. The zero-order valence-corrected chi connectivity index (χ0v) is 11.6. The Labute approximate surface area is 119 Å². The van der Waals surface area contributed by atoms with Crippen LogP contribution in [-0.4, -0.2) is 16.8 Å². The van der Waals surface area contributed by atoms with Gasteiger partial charge in [-0.15, -0.1) is 0 Å². The zero-order chi connectivity index (χ0) is 15.6. The Bertz CT molecular complexity index is 495. The molecule has 0 spiro atoms. The van der Waals surface area contributed by atoms with Crippen LogP contribution in [0.1, 0.15) is 23.7 Å². The summed E-state index contributed by atoms with van der Waals surface area (Å²) in [6.45, 7) is 1.42. The Morgan fingerprint density at radius 2 is 1.60 bits per heavy atom. The number of ketones is 1. The molecule has 20 heavy (non-hydrogen) atoms. The number of rotatable bonds is 4. The molecule has 0 aliphatic carbocycles. The summed E-state index contributed by atoms with van der Waals surface area (Å²) in [5.41, 5.74) is -9.84. The van der Waals surface area contributed by atoms with Crippen LogP contribution in [0.3, 0.4) is 0 Å². The third kappa shape index (κ3) is 5.28. The fraction of sp³-hybridized carbons (Fsp3) is 0.364. The van der Waals surface area contributed by atoms with Crippen LogP contribution < -0.4 is 0 Å². The number of hydrogen-bond acceptors (Lipinski definition) is 3. The standard InChI is InChI=1S/C11H8F6OS2/c1-2-7(18)6-4-3-5-8(19-10(12,13)14)9(6)20-11(15,16)17/h3-5H,2H2,1H3. The number of carbonyl (C=O) groups is 1. The second-order valence-electron chi connectivity index (χ2n) is 3.51. The molecule has 112 valence electrons. The second kappa shape index (κ2) is 6.30. The molecule has 0 fully saturated rings. The highest BCUT2D eigenvalue weighted by Gasteiger charge is 2.36. The van der Waals surface area contributed by atoms with E-state index in [2.05, 4.69) is 0 Å². The molecular formula is C11H8F6OS2. The van der Waals surface area contributed by atoms with Crippen molar-refractivity contribution in [2.45, 2.75) is 34.2 Å². The van der Waals surface area contributed by atoms with Crippen molar-refractivity contribution in [1.29, 1.82) is 0 Å². The van der Waals surface area contributed by atoms with Gasteiger partial charge in [-0.25, -0.2) is 0 Å². The second-order valence-corrected chi connectivity index (χ2v) is 5.69. The van der Waals surface area contributed by atoms with Crippen LogP contribution in [0.4, 0.5) is 26.3 Å². The lowest BCUT2D eigenvalue weighted by atomic mass is 10.1. The Morgan fingerprint density at radius 3 is 2.05 bits per heavy atom. The van der Waals surface area contributed by atoms with Gasteiger partial charge in [0.25, 0.3) is 0 Å². The van der Waals surface area contributed by atoms with Gasteiger partial charge in [0.2, 0.25) is 0 Å². The average Bonchev–Trinajstić information content (AvgIpc) is 2.26. The number of carbonyl (C=O) groups excluding carboxylic acids is 1. The van der Waals surface area contributed by atoms with Gasteiger partial charge in [0.15, 0.2) is 5.78 Å². The molecule has 1 aromatic rings. The smallest absolute Gasteiger partial charge is 0.294 e. The lowest BCUT2D eigenvalue weighted by Gasteiger charge is -2.15. The number of alkyl halides is 6. The third-order valence-corrected chi connectivity index (χ3v) is 3.84. The van der Waals surface area contributed by atoms with Gasteiger partial charge < -0.3 is 0 Å². The van der Waals surface area contributed by atoms with Crippen molar-refractivity contribution in [2.75, 3.05) is 0 Å². The average molecular weight is 334 g/mol. The van der Waals surface area contributed by atoms with Gasteiger partial charge in [0, 0.05) is 21.8 Å². The molecule has 0 saturated heterocycles. The quantitative estimate of drug-likeness (QED) is 0.411. The number of thioether (sulfide) groups is 2. The van der Waals surface area contributed by atoms with Gasteiger partial charge in [0.05, 0.1) is 0 Å². The molecule has 0 unspecified atom stereocenters. The molecule has 0 bridgehead atoms. The number of Topliss-reactive ketones (excluding diaryl/α,β-unsaturated/α-hetero) is 1. The topological polar surface area (TPSA) is 17.1 Å². The van der Waals surface area contributed by atoms with E-state index in [4.69, 9.17) is 0 Å². The largest absolute Gasteiger partial charge is 0.446 e. The summed E-state index contributed by atoms with van der Waals surface area (Å²) in [6.07, 6.45) is -0.0917. The van der Waals surface area contributed by atoms with Crippen LogP contribution in [0.25, 0.3) is 0 Å². The third-order valence-electron chi connectivity index (χ3n) is 2.04. The fourth-order valence-corrected chi connectivity index (χ4v) is 2.89. The summed E-state index contributed by atoms with van der Waals surface area (Å²) in [4.78, 5) is 10.2. The normalized spacial score (nSPS) is 12.6. The van der Waals surface area contributed by atoms with Crippen molar-refractivity contribution in [3.05, 3.63) is 23.8 Å². The molecule has 9 heteroatoms. The van der Waals surface area contributed by atoms with E-state index in [1.807, 2.05) is 0 Å². The van der Waals surface area contributed by atoms with Gasteiger partial charge in [-0.3, -0.25) is 4.79 Å². The first-order valence-electron chi connectivity index (χ1n) is 5.21. The number of halogens is 6. The maximum Gasteiger partial charge on any atom is 0.446 e. The van der Waals surface area contributed by atoms with Crippen molar-refractivity contribution in [1.82, 2.24) is 0 Å². The van der Waals surface area contributed by atoms with E-state index in [-0.39, 0.29) is 12.0 Å². The molecule has 0 aromatic heterocycles. The van der Waals surface area contributed by atoms with E-state index in [0.29, 0.717) is 0 Å². The molecule has 0 atom stereocenters. The van der Waals surface area contributed by atoms with Crippen LogP contribution in [-0.2, 0) is 0 Å². The first-order valence-corrected chi connectivity index (χ1v) is 6.84. The maximum atomic E-state index is 12.5. The molecule has 0 heterocycles. The summed E-state index contributed by atoms with van der Waals surface area (Å²) >= 11 is -1.37. The van der Waals surface area contributed by atoms with E-state index >= 15 is 0 Å². The van der Waals surface area contributed by atoms with Gasteiger partial charge >= 0.3 is 11.0 Å². The molecule has 0 N–H and O–H groups in total. The highest BCUT2D eigenvalue weighted by molar-refractivity contribution is 8.03. The van der Waals surface area contributed by atoms with E-state index in [1.165, 1.54) is 6.92 Å². The molecular weight excluding hydrogens is 326 g/mol. The lowest BCUT2D eigenvalue weighted by Crippen LogP contribution is -2.08. The highest BCUT2D eigenvalue weighted by Crippen LogP contribution is 2.47. The predicted molar refractivity (Wildman–Crippen MR) is 64.9 cm³/mol. The summed E-state index contributed by atoms with van der Waals surface area (Å²) in [6, 6.07) is 3.15. The molecule has 1 rings (SSSR count). The van der Waals surface area contributed by atoms with Gasteiger partial charge in [-0.05, 0) is 29.6 Å². The molecule has 1 nitrogen and oxygen atoms in total. The first-order chi connectivity index (χ1) is 9.03. The Hall–Kier alpha value is -0.830. The van der Waals surface area contributed by atoms with Gasteiger partial charge in [0.1, 0.15) is 0 Å². The lowest BCUT2D eigenvalue weighted by molar-refractivity contribution is -0.0346. The maximum absolute atomic E-state index is 12.5. The minimum Gasteiger partial charge on any atom is -0.294 e. The fourth-order valence-electron chi connectivity index (χ4n) is 1.35. The summed E-state index contributed by atoms with van der Waals surface area (Å²) in [5.74, 6) is -0.638. The van der Waals surface area contributed by atoms with E-state index < -0.39 is 50.1 Å². The monoisotopic (exact) mass is 334 g/mol. The number of benzene rings is 1. The van der Waals surface area contributed by atoms with Crippen LogP contribution in [0, 0.1) is 0 Å². The number of hydrogen-bond donors (Lipinski definition) is 0. The van der Waals surface area contributed by atoms with Gasteiger partial charge in [-0.2, -0.15) is 26.3 Å². The molecule has 0 radical (unpaired) electrons. The van der Waals surface area contributed by atoms with Crippen LogP contribution in [0.2, 0.25) is 0 Å². The summed E-state index contributed by atoms with van der Waals surface area (Å²) < 4.78 is 74.5. The van der Waals surface area contributed by atoms with Crippen LogP contribution in [0.15, 0.2) is 28.0 Å². The van der Waals surface area contributed by atoms with Crippen LogP contribution in [0.5, 0.6) is 0 Å². The van der Waals surface area contributed by atoms with E-state index in [0.717, 1.165) is 18.2 Å². The van der Waals surface area contributed by atoms with E-state index in [1.54, 1.807) is 0 Å². The highest BCUT2D eigenvalue weighted by atomic mass is 32.2. The van der Waals surface area contributed by atoms with Crippen molar-refractivity contribution in [3.63, 3.8) is 0 Å². The molecule has 0 aliphatic rings. The predicted octanol–water partition coefficient (Wildman–Crippen LogP) is 5.50. The Morgan fingerprint density at radius 1 is 1.05 bits per heavy atom. The Kier molecular flexibility index (Phi) is 5.42. The molecule has 0 amide bonds. The molecule has 1 aromatic carbocycles. The minimum absolute atomic E-state index is 0.0917. The van der Waals surface area contributed by atoms with E-state index in [9.17, 15) is 31.1 Å². The summed E-state index contributed by atoms with van der Waals surface area (Å²) in [7, 11) is 0. The molecule has 0 saturated carbocycles. The minimum atomic E-state index is -4.77. The first kappa shape index (κ1) is 17.2. The van der Waals surface area contributed by atoms with Crippen molar-refractivity contribution in [3.8, 4) is 0 Å².